The summed E-state index contributed by atoms with van der Waals surface area (Å²) in [7, 11) is 0.983. The highest BCUT2D eigenvalue weighted by Crippen LogP contribution is 2.24. The van der Waals surface area contributed by atoms with Crippen LogP contribution in [0.1, 0.15) is 34.0 Å². The number of halogens is 2. The predicted octanol–water partition coefficient (Wildman–Crippen LogP) is 2.61. The minimum Gasteiger partial charge on any atom is -0.370 e. The smallest absolute Gasteiger partial charge is 0.269 e. The number of carbonyl (C=O) groups excluding carboxylic acids is 2. The lowest BCUT2D eigenvalue weighted by atomic mass is 9.95. The SMILES string of the molecule is COC(C)(C(F)F)[C@H](NC(=O)c1ccc(C#Cc2ccc(Cn3ccnc3)cc2)cc1)C(=O)NO. The Morgan fingerprint density at radius 3 is 2.20 bits per heavy atom. The van der Waals surface area contributed by atoms with Crippen molar-refractivity contribution in [3.05, 3.63) is 89.5 Å². The molecule has 35 heavy (non-hydrogen) atoms. The molecule has 8 nitrogen and oxygen atoms in total. The molecule has 0 bridgehead atoms. The molecule has 2 atom stereocenters. The molecule has 0 saturated carbocycles. The van der Waals surface area contributed by atoms with Gasteiger partial charge in [0.15, 0.2) is 5.60 Å². The predicted molar refractivity (Wildman–Crippen MR) is 123 cm³/mol. The summed E-state index contributed by atoms with van der Waals surface area (Å²) in [6, 6.07) is 12.0. The zero-order valence-corrected chi connectivity index (χ0v) is 19.0. The van der Waals surface area contributed by atoms with Crippen molar-refractivity contribution >= 4 is 11.8 Å². The summed E-state index contributed by atoms with van der Waals surface area (Å²) in [6.45, 7) is 1.67. The summed E-state index contributed by atoms with van der Waals surface area (Å²) in [5.41, 5.74) is 1.58. The van der Waals surface area contributed by atoms with Crippen LogP contribution in [-0.2, 0) is 16.1 Å². The molecule has 0 fully saturated rings. The summed E-state index contributed by atoms with van der Waals surface area (Å²) in [4.78, 5) is 28.5. The van der Waals surface area contributed by atoms with Crippen LogP contribution in [0.3, 0.4) is 0 Å². The van der Waals surface area contributed by atoms with Crippen LogP contribution in [0, 0.1) is 11.8 Å². The van der Waals surface area contributed by atoms with Crippen molar-refractivity contribution in [3.8, 4) is 11.8 Å². The maximum absolute atomic E-state index is 13.5. The van der Waals surface area contributed by atoms with E-state index in [0.717, 1.165) is 25.2 Å². The number of nitrogens with one attached hydrogen (secondary N) is 2. The number of hydroxylamine groups is 1. The number of ether oxygens (including phenoxy) is 1. The monoisotopic (exact) mass is 482 g/mol. The molecule has 1 aromatic heterocycles. The van der Waals surface area contributed by atoms with E-state index >= 15 is 0 Å². The number of aromatic nitrogens is 2. The van der Waals surface area contributed by atoms with Crippen LogP contribution in [-0.4, -0.2) is 51.8 Å². The van der Waals surface area contributed by atoms with Gasteiger partial charge in [0, 0.05) is 42.7 Å². The van der Waals surface area contributed by atoms with Crippen molar-refractivity contribution in [2.75, 3.05) is 7.11 Å². The highest BCUT2D eigenvalue weighted by molar-refractivity contribution is 5.97. The zero-order chi connectivity index (χ0) is 25.4. The van der Waals surface area contributed by atoms with E-state index in [4.69, 9.17) is 9.94 Å². The van der Waals surface area contributed by atoms with E-state index in [-0.39, 0.29) is 5.56 Å². The number of hydrogen-bond donors (Lipinski definition) is 3. The third kappa shape index (κ3) is 6.29. The molecular formula is C25H24F2N4O4. The van der Waals surface area contributed by atoms with Gasteiger partial charge in [0.1, 0.15) is 6.04 Å². The zero-order valence-electron chi connectivity index (χ0n) is 19.0. The minimum atomic E-state index is -3.12. The number of hydrogen-bond acceptors (Lipinski definition) is 5. The van der Waals surface area contributed by atoms with Gasteiger partial charge in [-0.15, -0.1) is 0 Å². The maximum Gasteiger partial charge on any atom is 0.269 e. The quantitative estimate of drug-likeness (QED) is 0.260. The Balaban J connectivity index is 1.68. The largest absolute Gasteiger partial charge is 0.370 e. The van der Waals surface area contributed by atoms with E-state index < -0.39 is 29.9 Å². The Morgan fingerprint density at radius 1 is 1.11 bits per heavy atom. The number of benzene rings is 2. The molecule has 0 spiro atoms. The van der Waals surface area contributed by atoms with Crippen molar-refractivity contribution in [2.45, 2.75) is 31.5 Å². The first-order chi connectivity index (χ1) is 16.8. The molecule has 1 unspecified atom stereocenters. The number of nitrogens with zero attached hydrogens (tertiary/aromatic N) is 2. The minimum absolute atomic E-state index is 0.114. The van der Waals surface area contributed by atoms with Gasteiger partial charge in [-0.3, -0.25) is 14.8 Å². The van der Waals surface area contributed by atoms with Gasteiger partial charge >= 0.3 is 0 Å². The average Bonchev–Trinajstić information content (AvgIpc) is 3.39. The fourth-order valence-corrected chi connectivity index (χ4v) is 3.21. The molecule has 0 saturated heterocycles. The van der Waals surface area contributed by atoms with Crippen LogP contribution < -0.4 is 10.8 Å². The molecular weight excluding hydrogens is 458 g/mol. The van der Waals surface area contributed by atoms with E-state index in [1.807, 2.05) is 35.0 Å². The molecule has 0 aliphatic rings. The Morgan fingerprint density at radius 2 is 1.71 bits per heavy atom. The Bertz CT molecular complexity index is 1200. The third-order valence-corrected chi connectivity index (χ3v) is 5.47. The van der Waals surface area contributed by atoms with Crippen LogP contribution in [0.25, 0.3) is 0 Å². The van der Waals surface area contributed by atoms with Gasteiger partial charge in [-0.25, -0.2) is 19.2 Å². The van der Waals surface area contributed by atoms with Crippen LogP contribution >= 0.6 is 0 Å². The lowest BCUT2D eigenvalue weighted by Crippen LogP contribution is -2.62. The molecule has 3 N–H and O–H groups in total. The molecule has 1 heterocycles. The molecule has 0 aliphatic heterocycles. The summed E-state index contributed by atoms with van der Waals surface area (Å²) < 4.78 is 33.8. The highest BCUT2D eigenvalue weighted by Gasteiger charge is 2.48. The highest BCUT2D eigenvalue weighted by atomic mass is 19.3. The van der Waals surface area contributed by atoms with Crippen LogP contribution in [0.2, 0.25) is 0 Å². The van der Waals surface area contributed by atoms with Gasteiger partial charge in [0.05, 0.1) is 6.33 Å². The Hall–Kier alpha value is -4.07. The molecule has 3 aromatic rings. The second-order valence-corrected chi connectivity index (χ2v) is 7.83. The van der Waals surface area contributed by atoms with Gasteiger partial charge in [-0.05, 0) is 48.9 Å². The van der Waals surface area contributed by atoms with E-state index in [1.165, 1.54) is 17.6 Å². The second kappa shape index (κ2) is 11.4. The third-order valence-electron chi connectivity index (χ3n) is 5.47. The van der Waals surface area contributed by atoms with Gasteiger partial charge < -0.3 is 14.6 Å². The summed E-state index contributed by atoms with van der Waals surface area (Å²) in [6.07, 6.45) is 2.23. The van der Waals surface area contributed by atoms with Crippen molar-refractivity contribution in [1.82, 2.24) is 20.3 Å². The van der Waals surface area contributed by atoms with Gasteiger partial charge in [0.2, 0.25) is 0 Å². The standard InChI is InChI=1S/C25H24F2N4O4/c1-25(35-2,24(26)27)21(23(33)30-34)29-22(32)20-11-9-18(10-12-20)4-3-17-5-7-19(8-6-17)15-31-14-13-28-16-31/h5-14,16,21,24,34H,15H2,1-2H3,(H,29,32)(H,30,33)/t21-,25?/m1/s1. The fourth-order valence-electron chi connectivity index (χ4n) is 3.21. The van der Waals surface area contributed by atoms with Crippen molar-refractivity contribution in [1.29, 1.82) is 0 Å². The van der Waals surface area contributed by atoms with Crippen LogP contribution in [0.4, 0.5) is 8.78 Å². The number of rotatable bonds is 8. The summed E-state index contributed by atoms with van der Waals surface area (Å²) in [5, 5.41) is 11.1. The van der Waals surface area contributed by atoms with E-state index in [0.29, 0.717) is 12.1 Å². The van der Waals surface area contributed by atoms with Gasteiger partial charge in [-0.2, -0.15) is 0 Å². The number of alkyl halides is 2. The lowest BCUT2D eigenvalue weighted by molar-refractivity contribution is -0.157. The average molecular weight is 482 g/mol. The van der Waals surface area contributed by atoms with Crippen LogP contribution in [0.5, 0.6) is 0 Å². The van der Waals surface area contributed by atoms with Crippen LogP contribution in [0.15, 0.2) is 67.3 Å². The van der Waals surface area contributed by atoms with Gasteiger partial charge in [0.25, 0.3) is 18.2 Å². The Kier molecular flexibility index (Phi) is 8.30. The molecule has 0 radical (unpaired) electrons. The van der Waals surface area contributed by atoms with E-state index in [1.54, 1.807) is 24.7 Å². The van der Waals surface area contributed by atoms with Crippen molar-refractivity contribution in [3.63, 3.8) is 0 Å². The van der Waals surface area contributed by atoms with E-state index in [2.05, 4.69) is 22.1 Å². The molecule has 10 heteroatoms. The first-order valence-electron chi connectivity index (χ1n) is 10.5. The first kappa shape index (κ1) is 25.6. The second-order valence-electron chi connectivity index (χ2n) is 7.83. The topological polar surface area (TPSA) is 105 Å². The lowest BCUT2D eigenvalue weighted by Gasteiger charge is -2.34. The molecule has 2 amide bonds. The fraction of sp³-hybridized carbons (Fsp3) is 0.240. The van der Waals surface area contributed by atoms with Gasteiger partial charge in [-0.1, -0.05) is 24.0 Å². The van der Waals surface area contributed by atoms with E-state index in [9.17, 15) is 18.4 Å². The van der Waals surface area contributed by atoms with Crippen molar-refractivity contribution in [2.24, 2.45) is 0 Å². The molecule has 2 aromatic carbocycles. The molecule has 3 rings (SSSR count). The summed E-state index contributed by atoms with van der Waals surface area (Å²) >= 11 is 0. The normalized spacial score (nSPS) is 13.3. The number of amides is 2. The Labute approximate surface area is 200 Å². The summed E-state index contributed by atoms with van der Waals surface area (Å²) in [5.74, 6) is 4.00. The first-order valence-corrected chi connectivity index (χ1v) is 10.5. The number of imidazole rings is 1. The number of carbonyl (C=O) groups is 2. The maximum atomic E-state index is 13.5. The molecule has 0 aliphatic carbocycles. The van der Waals surface area contributed by atoms with Crippen molar-refractivity contribution < 1.29 is 28.3 Å². The number of methoxy groups -OCH3 is 1. The molecule has 182 valence electrons.